The molecular weight excluding hydrogens is 300 g/mol. The molecule has 5 nitrogen and oxygen atoms in total. The van der Waals surface area contributed by atoms with E-state index in [1.165, 1.54) is 0 Å². The van der Waals surface area contributed by atoms with Gasteiger partial charge in [-0.3, -0.25) is 9.78 Å². The van der Waals surface area contributed by atoms with Crippen molar-refractivity contribution < 1.29 is 4.79 Å². The van der Waals surface area contributed by atoms with Crippen LogP contribution in [0.25, 0.3) is 0 Å². The predicted molar refractivity (Wildman–Crippen MR) is 94.9 cm³/mol. The van der Waals surface area contributed by atoms with Crippen molar-refractivity contribution in [3.05, 3.63) is 53.1 Å². The summed E-state index contributed by atoms with van der Waals surface area (Å²) < 4.78 is 2.16. The van der Waals surface area contributed by atoms with Crippen LogP contribution in [0.5, 0.6) is 0 Å². The Bertz CT molecular complexity index is 737. The van der Waals surface area contributed by atoms with Crippen LogP contribution in [0.4, 0.5) is 0 Å². The van der Waals surface area contributed by atoms with Crippen molar-refractivity contribution in [1.82, 2.24) is 14.5 Å². The van der Waals surface area contributed by atoms with Gasteiger partial charge in [-0.15, -0.1) is 0 Å². The Labute approximate surface area is 143 Å². The van der Waals surface area contributed by atoms with Gasteiger partial charge in [0.25, 0.3) is 5.91 Å². The van der Waals surface area contributed by atoms with E-state index in [-0.39, 0.29) is 11.3 Å². The number of rotatable bonds is 4. The zero-order valence-electron chi connectivity index (χ0n) is 14.7. The lowest BCUT2D eigenvalue weighted by Gasteiger charge is -2.22. The van der Waals surface area contributed by atoms with Crippen LogP contribution in [0, 0.1) is 19.3 Å². The van der Waals surface area contributed by atoms with Gasteiger partial charge < -0.3 is 15.2 Å². The number of nitrogens with zero attached hydrogens (tertiary/aromatic N) is 3. The predicted octanol–water partition coefficient (Wildman–Crippen LogP) is 2.36. The number of aryl methyl sites for hydroxylation is 1. The van der Waals surface area contributed by atoms with Crippen molar-refractivity contribution in [3.63, 3.8) is 0 Å². The molecule has 2 aromatic heterocycles. The molecule has 3 rings (SSSR count). The molecule has 0 spiro atoms. The van der Waals surface area contributed by atoms with E-state index in [1.807, 2.05) is 43.0 Å². The van der Waals surface area contributed by atoms with E-state index in [9.17, 15) is 4.79 Å². The first kappa shape index (κ1) is 16.7. The first-order chi connectivity index (χ1) is 11.4. The first-order valence-electron chi connectivity index (χ1n) is 8.49. The van der Waals surface area contributed by atoms with Gasteiger partial charge in [0, 0.05) is 30.7 Å². The van der Waals surface area contributed by atoms with Crippen LogP contribution in [-0.2, 0) is 6.54 Å². The minimum absolute atomic E-state index is 0.0507. The molecule has 0 bridgehead atoms. The van der Waals surface area contributed by atoms with E-state index in [2.05, 4.69) is 16.5 Å². The van der Waals surface area contributed by atoms with E-state index in [0.29, 0.717) is 13.1 Å². The van der Waals surface area contributed by atoms with E-state index in [0.717, 1.165) is 42.2 Å². The summed E-state index contributed by atoms with van der Waals surface area (Å²) in [5.74, 6) is 0.118. The lowest BCUT2D eigenvalue weighted by Crippen LogP contribution is -2.34. The summed E-state index contributed by atoms with van der Waals surface area (Å²) >= 11 is 0. The molecule has 0 aliphatic carbocycles. The van der Waals surface area contributed by atoms with Crippen LogP contribution in [0.1, 0.15) is 40.8 Å². The highest BCUT2D eigenvalue weighted by atomic mass is 16.2. The highest BCUT2D eigenvalue weighted by Crippen LogP contribution is 2.30. The molecule has 1 fully saturated rings. The minimum Gasteiger partial charge on any atom is -0.342 e. The SMILES string of the molecule is Cc1cc(C(=O)N2CCC(C)(CN)C2)c(C)n1Cc1ccccn1. The number of likely N-dealkylation sites (tertiary alicyclic amines) is 1. The molecular formula is C19H26N4O. The Morgan fingerprint density at radius 3 is 2.79 bits per heavy atom. The highest BCUT2D eigenvalue weighted by molar-refractivity contribution is 5.96. The molecule has 5 heteroatoms. The van der Waals surface area contributed by atoms with Crippen LogP contribution in [-0.4, -0.2) is 40.0 Å². The fraction of sp³-hybridized carbons (Fsp3) is 0.474. The van der Waals surface area contributed by atoms with Gasteiger partial charge in [0.2, 0.25) is 0 Å². The Hall–Kier alpha value is -2.14. The summed E-state index contributed by atoms with van der Waals surface area (Å²) in [4.78, 5) is 19.3. The van der Waals surface area contributed by atoms with Crippen LogP contribution >= 0.6 is 0 Å². The molecule has 1 aliphatic rings. The lowest BCUT2D eigenvalue weighted by atomic mass is 9.90. The van der Waals surface area contributed by atoms with Gasteiger partial charge in [0.15, 0.2) is 0 Å². The second-order valence-corrected chi connectivity index (χ2v) is 7.18. The largest absolute Gasteiger partial charge is 0.342 e. The zero-order chi connectivity index (χ0) is 17.3. The normalized spacial score (nSPS) is 20.6. The summed E-state index contributed by atoms with van der Waals surface area (Å²) in [5, 5.41) is 0. The molecule has 24 heavy (non-hydrogen) atoms. The van der Waals surface area contributed by atoms with Gasteiger partial charge in [-0.1, -0.05) is 13.0 Å². The second-order valence-electron chi connectivity index (χ2n) is 7.18. The number of amides is 1. The molecule has 3 heterocycles. The molecule has 1 atom stereocenters. The fourth-order valence-electron chi connectivity index (χ4n) is 3.45. The topological polar surface area (TPSA) is 64.2 Å². The maximum Gasteiger partial charge on any atom is 0.255 e. The minimum atomic E-state index is 0.0507. The van der Waals surface area contributed by atoms with Gasteiger partial charge >= 0.3 is 0 Å². The molecule has 128 valence electrons. The summed E-state index contributed by atoms with van der Waals surface area (Å²) in [7, 11) is 0. The molecule has 1 amide bonds. The van der Waals surface area contributed by atoms with Crippen molar-refractivity contribution >= 4 is 5.91 Å². The third-order valence-corrected chi connectivity index (χ3v) is 5.19. The van der Waals surface area contributed by atoms with Crippen molar-refractivity contribution in [1.29, 1.82) is 0 Å². The van der Waals surface area contributed by atoms with Gasteiger partial charge in [-0.25, -0.2) is 0 Å². The molecule has 2 aromatic rings. The van der Waals surface area contributed by atoms with Crippen LogP contribution in [0.3, 0.4) is 0 Å². The zero-order valence-corrected chi connectivity index (χ0v) is 14.7. The number of nitrogens with two attached hydrogens (primary N) is 1. The van der Waals surface area contributed by atoms with E-state index >= 15 is 0 Å². The summed E-state index contributed by atoms with van der Waals surface area (Å²) in [6.45, 7) is 9.05. The smallest absolute Gasteiger partial charge is 0.255 e. The van der Waals surface area contributed by atoms with Gasteiger partial charge in [-0.05, 0) is 50.4 Å². The molecule has 1 saturated heterocycles. The van der Waals surface area contributed by atoms with Crippen LogP contribution in [0.15, 0.2) is 30.5 Å². The standard InChI is InChI=1S/C19H26N4O/c1-14-10-17(18(24)22-9-7-19(3,12-20)13-22)15(2)23(14)11-16-6-4-5-8-21-16/h4-6,8,10H,7,9,11-13,20H2,1-3H3. The molecule has 2 N–H and O–H groups in total. The highest BCUT2D eigenvalue weighted by Gasteiger charge is 2.36. The van der Waals surface area contributed by atoms with Crippen LogP contribution < -0.4 is 5.73 Å². The first-order valence-corrected chi connectivity index (χ1v) is 8.49. The second kappa shape index (κ2) is 6.40. The third kappa shape index (κ3) is 3.08. The molecule has 1 unspecified atom stereocenters. The molecule has 0 aromatic carbocycles. The molecule has 0 saturated carbocycles. The van der Waals surface area contributed by atoms with Crippen molar-refractivity contribution in [3.8, 4) is 0 Å². The quantitative estimate of drug-likeness (QED) is 0.938. The van der Waals surface area contributed by atoms with Crippen LogP contribution in [0.2, 0.25) is 0 Å². The van der Waals surface area contributed by atoms with Crippen molar-refractivity contribution in [2.75, 3.05) is 19.6 Å². The molecule has 0 radical (unpaired) electrons. The summed E-state index contributed by atoms with van der Waals surface area (Å²) in [6.07, 6.45) is 2.77. The lowest BCUT2D eigenvalue weighted by molar-refractivity contribution is 0.0776. The van der Waals surface area contributed by atoms with Gasteiger partial charge in [0.05, 0.1) is 17.8 Å². The average Bonchev–Trinajstić information content (AvgIpc) is 3.11. The number of pyridine rings is 1. The fourth-order valence-corrected chi connectivity index (χ4v) is 3.45. The van der Waals surface area contributed by atoms with E-state index < -0.39 is 0 Å². The number of hydrogen-bond donors (Lipinski definition) is 1. The summed E-state index contributed by atoms with van der Waals surface area (Å²) in [6, 6.07) is 7.91. The third-order valence-electron chi connectivity index (χ3n) is 5.19. The van der Waals surface area contributed by atoms with E-state index in [4.69, 9.17) is 5.73 Å². The average molecular weight is 326 g/mol. The Morgan fingerprint density at radius 2 is 2.17 bits per heavy atom. The van der Waals surface area contributed by atoms with Crippen molar-refractivity contribution in [2.24, 2.45) is 11.1 Å². The maximum absolute atomic E-state index is 12.9. The number of hydrogen-bond acceptors (Lipinski definition) is 3. The van der Waals surface area contributed by atoms with Crippen molar-refractivity contribution in [2.45, 2.75) is 33.7 Å². The number of aromatic nitrogens is 2. The maximum atomic E-state index is 12.9. The Balaban J connectivity index is 1.82. The Kier molecular flexibility index (Phi) is 4.45. The monoisotopic (exact) mass is 326 g/mol. The number of carbonyl (C=O) groups is 1. The number of carbonyl (C=O) groups excluding carboxylic acids is 1. The van der Waals surface area contributed by atoms with Gasteiger partial charge in [-0.2, -0.15) is 0 Å². The van der Waals surface area contributed by atoms with Gasteiger partial charge in [0.1, 0.15) is 0 Å². The summed E-state index contributed by atoms with van der Waals surface area (Å²) in [5.41, 5.74) is 9.80. The van der Waals surface area contributed by atoms with E-state index in [1.54, 1.807) is 6.20 Å². The molecule has 1 aliphatic heterocycles. The Morgan fingerprint density at radius 1 is 1.38 bits per heavy atom.